The lowest BCUT2D eigenvalue weighted by molar-refractivity contribution is -0.117. The maximum absolute atomic E-state index is 12.3. The fourth-order valence-electron chi connectivity index (χ4n) is 4.42. The number of carbonyl (C=O) groups excluding carboxylic acids is 1. The molecule has 2 fully saturated rings. The number of rotatable bonds is 3. The highest BCUT2D eigenvalue weighted by molar-refractivity contribution is 6.03. The van der Waals surface area contributed by atoms with Crippen LogP contribution in [0.25, 0.3) is 0 Å². The topological polar surface area (TPSA) is 90.6 Å². The Morgan fingerprint density at radius 2 is 1.96 bits per heavy atom. The molecule has 0 aromatic carbocycles. The van der Waals surface area contributed by atoms with E-state index >= 15 is 0 Å². The van der Waals surface area contributed by atoms with Crippen LogP contribution in [-0.2, 0) is 11.3 Å². The van der Waals surface area contributed by atoms with Gasteiger partial charge in [0.05, 0.1) is 17.6 Å². The molecule has 0 unspecified atom stereocenters. The maximum Gasteiger partial charge on any atom is 0.247 e. The molecule has 146 valence electrons. The summed E-state index contributed by atoms with van der Waals surface area (Å²) in [7, 11) is 0. The molecule has 0 aliphatic carbocycles. The summed E-state index contributed by atoms with van der Waals surface area (Å²) >= 11 is 0. The molecule has 28 heavy (non-hydrogen) atoms. The standard InChI is InChI=1S/C20H25N7O/c21-18-4-3-15(12-22-18)26-8-6-25(7-9-26)13-14-10-16-19(23-11-14)27-5-1-2-17(27)20(28)24-16/h3-4,10-12,17H,1-2,5-9,13H2,(H2,21,22)(H,24,28)/t17-/m0/s1. The zero-order chi connectivity index (χ0) is 19.1. The molecule has 5 heterocycles. The van der Waals surface area contributed by atoms with Gasteiger partial charge in [-0.05, 0) is 36.6 Å². The van der Waals surface area contributed by atoms with E-state index in [1.54, 1.807) is 0 Å². The number of nitrogens with zero attached hydrogens (tertiary/aromatic N) is 5. The van der Waals surface area contributed by atoms with Gasteiger partial charge in [-0.3, -0.25) is 9.69 Å². The minimum Gasteiger partial charge on any atom is -0.384 e. The first-order valence-electron chi connectivity index (χ1n) is 9.93. The highest BCUT2D eigenvalue weighted by atomic mass is 16.2. The summed E-state index contributed by atoms with van der Waals surface area (Å²) in [5, 5.41) is 3.06. The van der Waals surface area contributed by atoms with Crippen LogP contribution in [0.4, 0.5) is 23.0 Å². The van der Waals surface area contributed by atoms with E-state index in [2.05, 4.69) is 36.1 Å². The summed E-state index contributed by atoms with van der Waals surface area (Å²) in [6.45, 7) is 5.61. The van der Waals surface area contributed by atoms with E-state index in [0.717, 1.165) is 74.9 Å². The third-order valence-corrected chi connectivity index (χ3v) is 5.92. The second kappa shape index (κ2) is 6.94. The van der Waals surface area contributed by atoms with E-state index in [1.165, 1.54) is 0 Å². The Hall–Kier alpha value is -2.87. The van der Waals surface area contributed by atoms with Gasteiger partial charge >= 0.3 is 0 Å². The van der Waals surface area contributed by atoms with E-state index in [4.69, 9.17) is 5.73 Å². The Morgan fingerprint density at radius 1 is 1.11 bits per heavy atom. The van der Waals surface area contributed by atoms with Gasteiger partial charge in [0, 0.05) is 45.5 Å². The lowest BCUT2D eigenvalue weighted by atomic mass is 10.1. The molecule has 0 saturated carbocycles. The van der Waals surface area contributed by atoms with Crippen molar-refractivity contribution in [3.63, 3.8) is 0 Å². The van der Waals surface area contributed by atoms with E-state index in [9.17, 15) is 4.79 Å². The zero-order valence-corrected chi connectivity index (χ0v) is 15.8. The molecule has 5 rings (SSSR count). The molecule has 3 aliphatic heterocycles. The first-order chi connectivity index (χ1) is 13.7. The van der Waals surface area contributed by atoms with Crippen LogP contribution in [0.2, 0.25) is 0 Å². The monoisotopic (exact) mass is 379 g/mol. The zero-order valence-electron chi connectivity index (χ0n) is 15.8. The normalized spacial score (nSPS) is 22.0. The Morgan fingerprint density at radius 3 is 2.75 bits per heavy atom. The molecule has 2 saturated heterocycles. The number of nitrogens with one attached hydrogen (secondary N) is 1. The summed E-state index contributed by atoms with van der Waals surface area (Å²) in [5.74, 6) is 1.58. The van der Waals surface area contributed by atoms with Crippen molar-refractivity contribution in [3.05, 3.63) is 36.2 Å². The van der Waals surface area contributed by atoms with Crippen molar-refractivity contribution in [2.24, 2.45) is 0 Å². The molecule has 8 nitrogen and oxygen atoms in total. The number of amides is 1. The third-order valence-electron chi connectivity index (χ3n) is 5.92. The van der Waals surface area contributed by atoms with Crippen LogP contribution in [0.1, 0.15) is 18.4 Å². The highest BCUT2D eigenvalue weighted by Gasteiger charge is 2.37. The van der Waals surface area contributed by atoms with Crippen LogP contribution in [0.15, 0.2) is 30.6 Å². The molecule has 1 amide bonds. The second-order valence-electron chi connectivity index (χ2n) is 7.76. The summed E-state index contributed by atoms with van der Waals surface area (Å²) in [6, 6.07) is 5.92. The largest absolute Gasteiger partial charge is 0.384 e. The molecule has 3 N–H and O–H groups in total. The smallest absolute Gasteiger partial charge is 0.247 e. The molecule has 0 spiro atoms. The molecule has 2 aromatic heterocycles. The third kappa shape index (κ3) is 3.13. The maximum atomic E-state index is 12.3. The number of nitrogens with two attached hydrogens (primary N) is 1. The van der Waals surface area contributed by atoms with Crippen molar-refractivity contribution in [1.29, 1.82) is 0 Å². The molecule has 0 bridgehead atoms. The number of carbonyl (C=O) groups is 1. The Kier molecular flexibility index (Phi) is 4.27. The van der Waals surface area contributed by atoms with Crippen LogP contribution < -0.4 is 20.9 Å². The SMILES string of the molecule is Nc1ccc(N2CCN(Cc3cnc4c(c3)NC(=O)[C@@H]3CCCN43)CC2)cn1. The van der Waals surface area contributed by atoms with Crippen LogP contribution >= 0.6 is 0 Å². The first-order valence-corrected chi connectivity index (χ1v) is 9.93. The van der Waals surface area contributed by atoms with Gasteiger partial charge in [0.15, 0.2) is 5.82 Å². The van der Waals surface area contributed by atoms with Crippen molar-refractivity contribution < 1.29 is 4.79 Å². The Balaban J connectivity index is 1.23. The predicted octanol–water partition coefficient (Wildman–Crippen LogP) is 1.30. The van der Waals surface area contributed by atoms with Gasteiger partial charge in [0.25, 0.3) is 0 Å². The molecular weight excluding hydrogens is 354 g/mol. The fraction of sp³-hybridized carbons (Fsp3) is 0.450. The number of pyridine rings is 2. The van der Waals surface area contributed by atoms with Gasteiger partial charge in [0.2, 0.25) is 5.91 Å². The number of hydrogen-bond acceptors (Lipinski definition) is 7. The molecule has 3 aliphatic rings. The van der Waals surface area contributed by atoms with E-state index < -0.39 is 0 Å². The van der Waals surface area contributed by atoms with Crippen molar-refractivity contribution >= 4 is 28.9 Å². The Bertz CT molecular complexity index is 877. The van der Waals surface area contributed by atoms with Crippen LogP contribution in [0.5, 0.6) is 0 Å². The fourth-order valence-corrected chi connectivity index (χ4v) is 4.42. The molecule has 0 radical (unpaired) electrons. The average Bonchev–Trinajstić information content (AvgIpc) is 3.20. The van der Waals surface area contributed by atoms with Gasteiger partial charge in [-0.25, -0.2) is 9.97 Å². The number of aromatic nitrogens is 2. The summed E-state index contributed by atoms with van der Waals surface area (Å²) in [6.07, 6.45) is 5.77. The van der Waals surface area contributed by atoms with Gasteiger partial charge in [-0.2, -0.15) is 0 Å². The molecule has 8 heteroatoms. The average molecular weight is 379 g/mol. The second-order valence-corrected chi connectivity index (χ2v) is 7.76. The predicted molar refractivity (Wildman–Crippen MR) is 109 cm³/mol. The highest BCUT2D eigenvalue weighted by Crippen LogP contribution is 2.35. The lowest BCUT2D eigenvalue weighted by Gasteiger charge is -2.36. The minimum absolute atomic E-state index is 0.0400. The quantitative estimate of drug-likeness (QED) is 0.831. The molecule has 2 aromatic rings. The molecular formula is C20H25N7O. The number of nitrogen functional groups attached to an aromatic ring is 1. The van der Waals surface area contributed by atoms with E-state index in [-0.39, 0.29) is 11.9 Å². The lowest BCUT2D eigenvalue weighted by Crippen LogP contribution is -2.46. The Labute approximate surface area is 164 Å². The summed E-state index contributed by atoms with van der Waals surface area (Å²) in [4.78, 5) is 28.1. The minimum atomic E-state index is -0.0400. The van der Waals surface area contributed by atoms with Crippen molar-refractivity contribution in [2.45, 2.75) is 25.4 Å². The van der Waals surface area contributed by atoms with Crippen LogP contribution in [-0.4, -0.2) is 59.5 Å². The van der Waals surface area contributed by atoms with Crippen molar-refractivity contribution in [1.82, 2.24) is 14.9 Å². The molecule has 1 atom stereocenters. The first kappa shape index (κ1) is 17.2. The van der Waals surface area contributed by atoms with Crippen LogP contribution in [0, 0.1) is 0 Å². The van der Waals surface area contributed by atoms with Gasteiger partial charge < -0.3 is 20.9 Å². The van der Waals surface area contributed by atoms with Gasteiger partial charge in [0.1, 0.15) is 11.9 Å². The number of hydrogen-bond donors (Lipinski definition) is 2. The number of anilines is 4. The van der Waals surface area contributed by atoms with E-state index in [0.29, 0.717) is 5.82 Å². The summed E-state index contributed by atoms with van der Waals surface area (Å²) < 4.78 is 0. The number of fused-ring (bicyclic) bond motifs is 3. The number of piperazine rings is 1. The van der Waals surface area contributed by atoms with Crippen LogP contribution in [0.3, 0.4) is 0 Å². The van der Waals surface area contributed by atoms with Crippen molar-refractivity contribution in [3.8, 4) is 0 Å². The van der Waals surface area contributed by atoms with E-state index in [1.807, 2.05) is 24.5 Å². The summed E-state index contributed by atoms with van der Waals surface area (Å²) in [5.41, 5.74) is 8.79. The van der Waals surface area contributed by atoms with Gasteiger partial charge in [-0.1, -0.05) is 0 Å². The van der Waals surface area contributed by atoms with Gasteiger partial charge in [-0.15, -0.1) is 0 Å². The van der Waals surface area contributed by atoms with Crippen molar-refractivity contribution in [2.75, 3.05) is 53.6 Å².